The first kappa shape index (κ1) is 22.3. The van der Waals surface area contributed by atoms with E-state index in [0.29, 0.717) is 31.5 Å². The number of epoxide rings is 1. The molecule has 0 saturated carbocycles. The molecule has 0 N–H and O–H groups in total. The van der Waals surface area contributed by atoms with Gasteiger partial charge in [-0.2, -0.15) is 0 Å². The van der Waals surface area contributed by atoms with Gasteiger partial charge in [-0.05, 0) is 52.6 Å². The Balaban J connectivity index is 2.21. The van der Waals surface area contributed by atoms with Crippen molar-refractivity contribution in [1.29, 1.82) is 0 Å². The SMILES string of the molecule is C=C(C)C(=O)OCCC[Si](C)(OCC)OC(C)CCCOCC1CO1. The number of carbonyl (C=O) groups is 1. The maximum Gasteiger partial charge on any atom is 0.335 e. The third kappa shape index (κ3) is 10.8. The molecule has 146 valence electrons. The summed E-state index contributed by atoms with van der Waals surface area (Å²) in [6.07, 6.45) is 3.08. The van der Waals surface area contributed by atoms with Crippen molar-refractivity contribution in [2.45, 2.75) is 64.8 Å². The van der Waals surface area contributed by atoms with E-state index in [-0.39, 0.29) is 12.1 Å². The lowest BCUT2D eigenvalue weighted by Crippen LogP contribution is -2.41. The summed E-state index contributed by atoms with van der Waals surface area (Å²) in [6, 6.07) is 0.796. The second-order valence-electron chi connectivity index (χ2n) is 6.69. The highest BCUT2D eigenvalue weighted by Crippen LogP contribution is 2.20. The molecule has 25 heavy (non-hydrogen) atoms. The smallest absolute Gasteiger partial charge is 0.335 e. The third-order valence-corrected chi connectivity index (χ3v) is 6.92. The van der Waals surface area contributed by atoms with Gasteiger partial charge in [0.05, 0.1) is 19.8 Å². The van der Waals surface area contributed by atoms with E-state index in [1.807, 2.05) is 6.92 Å². The minimum absolute atomic E-state index is 0.127. The predicted octanol–water partition coefficient (Wildman–Crippen LogP) is 3.21. The number of hydrogen-bond acceptors (Lipinski definition) is 6. The van der Waals surface area contributed by atoms with Gasteiger partial charge >= 0.3 is 14.5 Å². The second-order valence-corrected chi connectivity index (χ2v) is 9.98. The van der Waals surface area contributed by atoms with Crippen molar-refractivity contribution >= 4 is 14.5 Å². The molecule has 3 atom stereocenters. The number of ether oxygens (including phenoxy) is 3. The fourth-order valence-electron chi connectivity index (χ4n) is 2.49. The maximum absolute atomic E-state index is 11.4. The number of carbonyl (C=O) groups excluding carboxylic acids is 1. The van der Waals surface area contributed by atoms with Crippen LogP contribution in [0.3, 0.4) is 0 Å². The largest absolute Gasteiger partial charge is 0.462 e. The van der Waals surface area contributed by atoms with Gasteiger partial charge in [0.15, 0.2) is 0 Å². The zero-order valence-electron chi connectivity index (χ0n) is 16.2. The highest BCUT2D eigenvalue weighted by atomic mass is 28.4. The second kappa shape index (κ2) is 11.8. The van der Waals surface area contributed by atoms with E-state index in [1.54, 1.807) is 6.92 Å². The van der Waals surface area contributed by atoms with E-state index in [0.717, 1.165) is 38.5 Å². The molecule has 1 rings (SSSR count). The first-order chi connectivity index (χ1) is 11.9. The molecule has 0 amide bonds. The zero-order valence-corrected chi connectivity index (χ0v) is 17.2. The molecule has 1 aliphatic heterocycles. The van der Waals surface area contributed by atoms with E-state index in [2.05, 4.69) is 20.0 Å². The number of esters is 1. The molecule has 0 aromatic heterocycles. The van der Waals surface area contributed by atoms with E-state index < -0.39 is 8.56 Å². The van der Waals surface area contributed by atoms with Crippen molar-refractivity contribution in [3.63, 3.8) is 0 Å². The van der Waals surface area contributed by atoms with Crippen molar-refractivity contribution in [3.05, 3.63) is 12.2 Å². The van der Waals surface area contributed by atoms with Crippen LogP contribution in [-0.4, -0.2) is 59.8 Å². The van der Waals surface area contributed by atoms with Crippen LogP contribution in [-0.2, 0) is 27.9 Å². The van der Waals surface area contributed by atoms with Gasteiger partial charge in [0.1, 0.15) is 6.10 Å². The van der Waals surface area contributed by atoms with Crippen LogP contribution in [0.15, 0.2) is 12.2 Å². The Morgan fingerprint density at radius 1 is 1.36 bits per heavy atom. The molecule has 0 aliphatic carbocycles. The summed E-state index contributed by atoms with van der Waals surface area (Å²) in [4.78, 5) is 11.4. The average Bonchev–Trinajstić information content (AvgIpc) is 3.35. The first-order valence-corrected chi connectivity index (χ1v) is 11.7. The van der Waals surface area contributed by atoms with E-state index in [4.69, 9.17) is 23.1 Å². The van der Waals surface area contributed by atoms with Crippen molar-refractivity contribution in [2.75, 3.05) is 33.0 Å². The Labute approximate surface area is 153 Å². The van der Waals surface area contributed by atoms with Gasteiger partial charge in [0.25, 0.3) is 0 Å². The Bertz CT molecular complexity index is 412. The average molecular weight is 375 g/mol. The highest BCUT2D eigenvalue weighted by molar-refractivity contribution is 6.66. The van der Waals surface area contributed by atoms with Crippen molar-refractivity contribution in [1.82, 2.24) is 0 Å². The van der Waals surface area contributed by atoms with Crippen LogP contribution in [0, 0.1) is 0 Å². The molecule has 0 aromatic carbocycles. The molecular weight excluding hydrogens is 340 g/mol. The topological polar surface area (TPSA) is 66.5 Å². The van der Waals surface area contributed by atoms with Crippen molar-refractivity contribution in [3.8, 4) is 0 Å². The standard InChI is InChI=1S/C18H34O6Si/c1-6-23-25(5,12-8-11-21-18(19)15(2)3)24-16(4)9-7-10-20-13-17-14-22-17/h16-17H,2,6-14H2,1,3-5H3. The molecule has 0 aromatic rings. The van der Waals surface area contributed by atoms with Crippen LogP contribution in [0.4, 0.5) is 0 Å². The summed E-state index contributed by atoms with van der Waals surface area (Å²) in [5.41, 5.74) is 0.421. The van der Waals surface area contributed by atoms with Gasteiger partial charge in [-0.25, -0.2) is 4.79 Å². The lowest BCUT2D eigenvalue weighted by molar-refractivity contribution is -0.138. The van der Waals surface area contributed by atoms with Gasteiger partial charge < -0.3 is 23.1 Å². The normalized spacial score (nSPS) is 19.9. The monoisotopic (exact) mass is 374 g/mol. The van der Waals surface area contributed by atoms with E-state index in [1.165, 1.54) is 0 Å². The van der Waals surface area contributed by atoms with Crippen LogP contribution >= 0.6 is 0 Å². The van der Waals surface area contributed by atoms with Crippen LogP contribution < -0.4 is 0 Å². The van der Waals surface area contributed by atoms with Gasteiger partial charge in [0.2, 0.25) is 0 Å². The molecule has 0 radical (unpaired) electrons. The minimum atomic E-state index is -2.26. The summed E-state index contributed by atoms with van der Waals surface area (Å²) in [6.45, 7) is 14.6. The van der Waals surface area contributed by atoms with E-state index >= 15 is 0 Å². The Hall–Kier alpha value is -0.733. The summed E-state index contributed by atoms with van der Waals surface area (Å²) in [5.74, 6) is -0.342. The zero-order chi connectivity index (χ0) is 18.7. The lowest BCUT2D eigenvalue weighted by atomic mass is 10.2. The Kier molecular flexibility index (Phi) is 10.5. The fraction of sp³-hybridized carbons (Fsp3) is 0.833. The summed E-state index contributed by atoms with van der Waals surface area (Å²) in [5, 5.41) is 0. The maximum atomic E-state index is 11.4. The molecule has 7 heteroatoms. The quantitative estimate of drug-likeness (QED) is 0.144. The molecular formula is C18H34O6Si. The van der Waals surface area contributed by atoms with E-state index in [9.17, 15) is 4.79 Å². The molecule has 1 heterocycles. The van der Waals surface area contributed by atoms with Crippen molar-refractivity contribution < 1.29 is 27.9 Å². The van der Waals surface area contributed by atoms with Gasteiger partial charge in [-0.15, -0.1) is 0 Å². The van der Waals surface area contributed by atoms with Crippen molar-refractivity contribution in [2.24, 2.45) is 0 Å². The summed E-state index contributed by atoms with van der Waals surface area (Å²) in [7, 11) is -2.26. The van der Waals surface area contributed by atoms with Gasteiger partial charge in [0, 0.05) is 24.9 Å². The Morgan fingerprint density at radius 2 is 2.08 bits per heavy atom. The molecule has 0 bridgehead atoms. The van der Waals surface area contributed by atoms with Crippen LogP contribution in [0.2, 0.25) is 12.6 Å². The lowest BCUT2D eigenvalue weighted by Gasteiger charge is -2.30. The van der Waals surface area contributed by atoms with Gasteiger partial charge in [-0.1, -0.05) is 6.58 Å². The number of hydrogen-bond donors (Lipinski definition) is 0. The Morgan fingerprint density at radius 3 is 2.68 bits per heavy atom. The van der Waals surface area contributed by atoms with Crippen LogP contribution in [0.1, 0.15) is 40.0 Å². The molecule has 1 aliphatic rings. The molecule has 3 unspecified atom stereocenters. The fourth-order valence-corrected chi connectivity index (χ4v) is 5.18. The number of rotatable bonds is 15. The van der Waals surface area contributed by atoms with Crippen LogP contribution in [0.5, 0.6) is 0 Å². The van der Waals surface area contributed by atoms with Crippen LogP contribution in [0.25, 0.3) is 0 Å². The summed E-state index contributed by atoms with van der Waals surface area (Å²) < 4.78 is 28.0. The highest BCUT2D eigenvalue weighted by Gasteiger charge is 2.32. The summed E-state index contributed by atoms with van der Waals surface area (Å²) >= 11 is 0. The minimum Gasteiger partial charge on any atom is -0.462 e. The third-order valence-electron chi connectivity index (χ3n) is 3.86. The molecule has 6 nitrogen and oxygen atoms in total. The molecule has 1 saturated heterocycles. The molecule has 0 spiro atoms. The predicted molar refractivity (Wildman–Crippen MR) is 98.8 cm³/mol. The first-order valence-electron chi connectivity index (χ1n) is 9.20. The van der Waals surface area contributed by atoms with Gasteiger partial charge in [-0.3, -0.25) is 0 Å². The molecule has 1 fully saturated rings.